The minimum absolute atomic E-state index is 0.104. The average molecular weight is 418 g/mol. The van der Waals surface area contributed by atoms with E-state index in [9.17, 15) is 18.0 Å². The number of fused-ring (bicyclic) bond motifs is 3. The van der Waals surface area contributed by atoms with Gasteiger partial charge in [-0.15, -0.1) is 4.28 Å². The molecule has 4 aliphatic rings. The van der Waals surface area contributed by atoms with E-state index in [1.807, 2.05) is 0 Å². The van der Waals surface area contributed by atoms with Crippen molar-refractivity contribution in [1.29, 1.82) is 0 Å². The Labute approximate surface area is 163 Å². The summed E-state index contributed by atoms with van der Waals surface area (Å²) in [6.07, 6.45) is 5.28. The minimum Gasteiger partial charge on any atom is -0.314 e. The summed E-state index contributed by atoms with van der Waals surface area (Å²) in [5.74, 6) is 0.544. The van der Waals surface area contributed by atoms with Crippen molar-refractivity contribution in [2.24, 2.45) is 11.8 Å². The number of hydrogen-bond acceptors (Lipinski definition) is 7. The molecule has 3 saturated heterocycles. The van der Waals surface area contributed by atoms with Gasteiger partial charge in [-0.2, -0.15) is 13.5 Å². The summed E-state index contributed by atoms with van der Waals surface area (Å²) in [6.45, 7) is 1.81. The normalized spacial score (nSPS) is 35.6. The number of rotatable bonds is 5. The number of carbonyl (C=O) groups excluding carboxylic acids is 2. The maximum atomic E-state index is 12.6. The number of nitrogens with zero attached hydrogens (tertiary/aromatic N) is 2. The Morgan fingerprint density at radius 3 is 2.75 bits per heavy atom. The first-order valence-electron chi connectivity index (χ1n) is 9.76. The van der Waals surface area contributed by atoms with E-state index in [1.165, 1.54) is 24.2 Å². The zero-order valence-corrected chi connectivity index (χ0v) is 16.3. The molecule has 0 spiro atoms. The van der Waals surface area contributed by atoms with Crippen LogP contribution in [0, 0.1) is 11.8 Å². The number of piperidine rings is 2. The van der Waals surface area contributed by atoms with Gasteiger partial charge < -0.3 is 10.2 Å². The molecule has 11 nitrogen and oxygen atoms in total. The predicted octanol–water partition coefficient (Wildman–Crippen LogP) is -0.185. The van der Waals surface area contributed by atoms with Crippen molar-refractivity contribution in [3.63, 3.8) is 0 Å². The molecule has 3 amide bonds. The molecule has 4 fully saturated rings. The second-order valence-electron chi connectivity index (χ2n) is 8.00. The Hall–Kier alpha value is -1.47. The zero-order valence-electron chi connectivity index (χ0n) is 15.5. The van der Waals surface area contributed by atoms with Gasteiger partial charge in [0.05, 0.1) is 6.04 Å². The molecule has 3 heterocycles. The Bertz CT molecular complexity index is 731. The summed E-state index contributed by atoms with van der Waals surface area (Å²) in [4.78, 5) is 32.0. The van der Waals surface area contributed by atoms with Crippen molar-refractivity contribution in [2.45, 2.75) is 56.7 Å². The van der Waals surface area contributed by atoms with Gasteiger partial charge in [-0.05, 0) is 44.1 Å². The molecular weight excluding hydrogens is 392 g/mol. The highest BCUT2D eigenvalue weighted by Gasteiger charge is 2.49. The highest BCUT2D eigenvalue weighted by atomic mass is 32.3. The molecule has 0 aromatic carbocycles. The number of nitrogens with one attached hydrogen (secondary N) is 2. The van der Waals surface area contributed by atoms with E-state index in [0.29, 0.717) is 36.3 Å². The van der Waals surface area contributed by atoms with E-state index >= 15 is 0 Å². The van der Waals surface area contributed by atoms with Crippen LogP contribution in [0.3, 0.4) is 0 Å². The van der Waals surface area contributed by atoms with Crippen LogP contribution >= 0.6 is 0 Å². The summed E-state index contributed by atoms with van der Waals surface area (Å²) in [5, 5.41) is 3.98. The van der Waals surface area contributed by atoms with Crippen molar-refractivity contribution in [3.8, 4) is 0 Å². The molecule has 1 aliphatic carbocycles. The van der Waals surface area contributed by atoms with Crippen molar-refractivity contribution in [3.05, 3.63) is 0 Å². The van der Waals surface area contributed by atoms with Crippen LogP contribution in [0.2, 0.25) is 0 Å². The maximum absolute atomic E-state index is 12.6. The first-order valence-corrected chi connectivity index (χ1v) is 11.1. The van der Waals surface area contributed by atoms with E-state index in [-0.39, 0.29) is 12.6 Å². The van der Waals surface area contributed by atoms with Crippen LogP contribution < -0.4 is 10.8 Å². The van der Waals surface area contributed by atoms with Gasteiger partial charge in [0.15, 0.2) is 0 Å². The van der Waals surface area contributed by atoms with Gasteiger partial charge in [0.2, 0.25) is 0 Å². The molecule has 12 heteroatoms. The van der Waals surface area contributed by atoms with Crippen LogP contribution in [0.15, 0.2) is 0 Å². The quantitative estimate of drug-likeness (QED) is 0.413. The Kier molecular flexibility index (Phi) is 5.49. The first-order chi connectivity index (χ1) is 13.3. The predicted molar refractivity (Wildman–Crippen MR) is 94.7 cm³/mol. The van der Waals surface area contributed by atoms with Crippen molar-refractivity contribution in [1.82, 2.24) is 20.8 Å². The fraction of sp³-hybridized carbons (Fsp3) is 0.875. The average Bonchev–Trinajstić information content (AvgIpc) is 2.89. The summed E-state index contributed by atoms with van der Waals surface area (Å²) < 4.78 is 35.1. The molecule has 3 N–H and O–H groups in total. The highest BCUT2D eigenvalue weighted by molar-refractivity contribution is 7.80. The summed E-state index contributed by atoms with van der Waals surface area (Å²) >= 11 is 0. The van der Waals surface area contributed by atoms with E-state index in [0.717, 1.165) is 13.0 Å². The molecule has 28 heavy (non-hydrogen) atoms. The first kappa shape index (κ1) is 19.8. The van der Waals surface area contributed by atoms with Gasteiger partial charge >= 0.3 is 16.4 Å². The summed E-state index contributed by atoms with van der Waals surface area (Å²) in [7, 11) is -4.81. The zero-order chi connectivity index (χ0) is 19.9. The van der Waals surface area contributed by atoms with E-state index in [1.54, 1.807) is 0 Å². The molecule has 1 saturated carbocycles. The molecule has 4 unspecified atom stereocenters. The molecular formula is C16H26N4O7S. The molecule has 5 atom stereocenters. The van der Waals surface area contributed by atoms with Gasteiger partial charge in [-0.3, -0.25) is 14.2 Å². The minimum atomic E-state index is -4.81. The van der Waals surface area contributed by atoms with Crippen molar-refractivity contribution in [2.75, 3.05) is 19.6 Å². The van der Waals surface area contributed by atoms with Gasteiger partial charge in [-0.1, -0.05) is 12.8 Å². The summed E-state index contributed by atoms with van der Waals surface area (Å²) in [6, 6.07) is -2.05. The molecule has 0 radical (unpaired) electrons. The molecule has 4 rings (SSSR count). The molecule has 0 aromatic heterocycles. The monoisotopic (exact) mass is 418 g/mol. The van der Waals surface area contributed by atoms with Crippen LogP contribution in [0.25, 0.3) is 0 Å². The number of carbonyl (C=O) groups is 2. The third-order valence-electron chi connectivity index (χ3n) is 6.31. The van der Waals surface area contributed by atoms with Gasteiger partial charge in [-0.25, -0.2) is 10.3 Å². The molecule has 0 aromatic rings. The third kappa shape index (κ3) is 3.96. The SMILES string of the molecule is O=C(NOC1CNCC2CCCCC21)[C@@H]1CCC2CN1C(=O)N2OS(=O)(=O)O. The molecule has 2 bridgehead atoms. The van der Waals surface area contributed by atoms with Crippen LogP contribution in [0.5, 0.6) is 0 Å². The summed E-state index contributed by atoms with van der Waals surface area (Å²) in [5.41, 5.74) is 2.52. The smallest absolute Gasteiger partial charge is 0.314 e. The third-order valence-corrected chi connectivity index (χ3v) is 6.66. The number of urea groups is 1. The lowest BCUT2D eigenvalue weighted by molar-refractivity contribution is -0.150. The largest absolute Gasteiger partial charge is 0.418 e. The molecule has 3 aliphatic heterocycles. The standard InChI is InChI=1S/C16H26N4O7S/c21-15(18-26-14-8-17-7-10-3-1-2-4-12(10)14)13-6-5-11-9-19(13)16(22)20(11)27-28(23,24)25/h10-14,17H,1-9H2,(H,18,21)(H,23,24,25)/t10?,11?,12?,13-,14?/m0/s1. The van der Waals surface area contributed by atoms with Crippen LogP contribution in [0.4, 0.5) is 4.79 Å². The van der Waals surface area contributed by atoms with Crippen LogP contribution in [-0.2, 0) is 24.3 Å². The van der Waals surface area contributed by atoms with Crippen LogP contribution in [-0.4, -0.2) is 72.7 Å². The maximum Gasteiger partial charge on any atom is 0.418 e. The Balaban J connectivity index is 1.35. The van der Waals surface area contributed by atoms with Crippen molar-refractivity contribution >= 4 is 22.3 Å². The fourth-order valence-electron chi connectivity index (χ4n) is 4.98. The number of amides is 3. The lowest BCUT2D eigenvalue weighted by Gasteiger charge is -2.41. The lowest BCUT2D eigenvalue weighted by atomic mass is 9.74. The second-order valence-corrected chi connectivity index (χ2v) is 9.00. The van der Waals surface area contributed by atoms with Gasteiger partial charge in [0.1, 0.15) is 12.1 Å². The van der Waals surface area contributed by atoms with Gasteiger partial charge in [0, 0.05) is 13.1 Å². The van der Waals surface area contributed by atoms with Crippen LogP contribution in [0.1, 0.15) is 38.5 Å². The van der Waals surface area contributed by atoms with Gasteiger partial charge in [0.25, 0.3) is 5.91 Å². The fourth-order valence-corrected chi connectivity index (χ4v) is 5.36. The Morgan fingerprint density at radius 1 is 1.18 bits per heavy atom. The topological polar surface area (TPSA) is 138 Å². The second kappa shape index (κ2) is 7.75. The van der Waals surface area contributed by atoms with Crippen molar-refractivity contribution < 1.29 is 31.7 Å². The lowest BCUT2D eigenvalue weighted by Crippen LogP contribution is -2.54. The van der Waals surface area contributed by atoms with E-state index in [4.69, 9.17) is 9.39 Å². The van der Waals surface area contributed by atoms with E-state index in [2.05, 4.69) is 15.1 Å². The Morgan fingerprint density at radius 2 is 1.96 bits per heavy atom. The number of hydrogen-bond donors (Lipinski definition) is 3. The molecule has 158 valence electrons. The number of hydroxylamine groups is 3. The highest BCUT2D eigenvalue weighted by Crippen LogP contribution is 2.35. The van der Waals surface area contributed by atoms with E-state index < -0.39 is 34.4 Å².